The first-order valence-corrected chi connectivity index (χ1v) is 11.4. The van der Waals surface area contributed by atoms with E-state index in [0.717, 1.165) is 30.6 Å². The van der Waals surface area contributed by atoms with Crippen LogP contribution in [0.1, 0.15) is 55.0 Å². The number of morpholine rings is 1. The lowest BCUT2D eigenvalue weighted by molar-refractivity contribution is -0.135. The van der Waals surface area contributed by atoms with Crippen molar-refractivity contribution in [3.63, 3.8) is 0 Å². The molecule has 0 radical (unpaired) electrons. The fourth-order valence-electron chi connectivity index (χ4n) is 4.59. The number of benzene rings is 1. The Bertz CT molecular complexity index is 867. The van der Waals surface area contributed by atoms with Gasteiger partial charge in [0.1, 0.15) is 11.9 Å². The van der Waals surface area contributed by atoms with Crippen LogP contribution in [0.25, 0.3) is 0 Å². The standard InChI is InChI=1S/C25H32FN3O2/c1-28(21-8-3-2-4-9-21)25(30)18-29-13-14-31-24(17-29)23-12-11-19(16-27-23)15-20-7-5-6-10-22(20)26/h5-7,10-12,16,21,24H,2-4,8-9,13-15,17-18H2,1H3/t24-/m0/s1. The number of carbonyl (C=O) groups excluding carboxylic acids is 1. The zero-order chi connectivity index (χ0) is 21.6. The van der Waals surface area contributed by atoms with Crippen LogP contribution in [0.15, 0.2) is 42.6 Å². The van der Waals surface area contributed by atoms with Gasteiger partial charge in [-0.15, -0.1) is 0 Å². The molecule has 0 N–H and O–H groups in total. The third kappa shape index (κ3) is 5.69. The number of ether oxygens (including phenoxy) is 1. The molecular formula is C25H32FN3O2. The Morgan fingerprint density at radius 3 is 2.74 bits per heavy atom. The molecule has 2 heterocycles. The highest BCUT2D eigenvalue weighted by atomic mass is 19.1. The van der Waals surface area contributed by atoms with Crippen molar-refractivity contribution in [2.75, 3.05) is 33.3 Å². The Morgan fingerprint density at radius 1 is 1.19 bits per heavy atom. The van der Waals surface area contributed by atoms with Gasteiger partial charge in [0.05, 0.1) is 18.8 Å². The summed E-state index contributed by atoms with van der Waals surface area (Å²) in [5.74, 6) is 0.00133. The number of aromatic nitrogens is 1. The normalized spacial score (nSPS) is 20.5. The molecule has 1 saturated heterocycles. The van der Waals surface area contributed by atoms with Gasteiger partial charge in [0.2, 0.25) is 5.91 Å². The van der Waals surface area contributed by atoms with Crippen molar-refractivity contribution in [2.24, 2.45) is 0 Å². The molecule has 0 bridgehead atoms. The number of amides is 1. The van der Waals surface area contributed by atoms with E-state index in [-0.39, 0.29) is 17.8 Å². The van der Waals surface area contributed by atoms with Gasteiger partial charge in [-0.05, 0) is 36.1 Å². The monoisotopic (exact) mass is 425 g/mol. The third-order valence-corrected chi connectivity index (χ3v) is 6.56. The van der Waals surface area contributed by atoms with Gasteiger partial charge in [0.15, 0.2) is 0 Å². The van der Waals surface area contributed by atoms with E-state index >= 15 is 0 Å². The minimum absolute atomic E-state index is 0.149. The summed E-state index contributed by atoms with van der Waals surface area (Å²) in [5.41, 5.74) is 2.48. The SMILES string of the molecule is CN(C(=O)CN1CCO[C@H](c2ccc(Cc3ccccc3F)cn2)C1)C1CCCCC1. The Balaban J connectivity index is 1.32. The quantitative estimate of drug-likeness (QED) is 0.703. The largest absolute Gasteiger partial charge is 0.369 e. The van der Waals surface area contributed by atoms with Gasteiger partial charge >= 0.3 is 0 Å². The fourth-order valence-corrected chi connectivity index (χ4v) is 4.59. The minimum atomic E-state index is -0.194. The van der Waals surface area contributed by atoms with E-state index < -0.39 is 0 Å². The highest BCUT2D eigenvalue weighted by Gasteiger charge is 2.27. The smallest absolute Gasteiger partial charge is 0.236 e. The molecule has 1 saturated carbocycles. The van der Waals surface area contributed by atoms with Gasteiger partial charge in [-0.3, -0.25) is 14.7 Å². The average Bonchev–Trinajstić information content (AvgIpc) is 2.81. The third-order valence-electron chi connectivity index (χ3n) is 6.56. The average molecular weight is 426 g/mol. The number of pyridine rings is 1. The van der Waals surface area contributed by atoms with E-state index in [0.29, 0.717) is 37.7 Å². The molecule has 1 aromatic heterocycles. The van der Waals surface area contributed by atoms with E-state index in [9.17, 15) is 9.18 Å². The molecule has 0 spiro atoms. The van der Waals surface area contributed by atoms with Crippen LogP contribution < -0.4 is 0 Å². The molecule has 1 aliphatic carbocycles. The van der Waals surface area contributed by atoms with Crippen molar-refractivity contribution in [1.82, 2.24) is 14.8 Å². The van der Waals surface area contributed by atoms with Crippen LogP contribution in [0.5, 0.6) is 0 Å². The van der Waals surface area contributed by atoms with Crippen molar-refractivity contribution < 1.29 is 13.9 Å². The van der Waals surface area contributed by atoms with E-state index in [1.807, 2.05) is 30.1 Å². The number of likely N-dealkylation sites (N-methyl/N-ethyl adjacent to an activating group) is 1. The molecule has 0 unspecified atom stereocenters. The summed E-state index contributed by atoms with van der Waals surface area (Å²) < 4.78 is 19.8. The molecule has 166 valence electrons. The Kier molecular flexibility index (Phi) is 7.30. The molecule has 1 amide bonds. The maximum atomic E-state index is 13.9. The molecule has 5 nitrogen and oxygen atoms in total. The molecule has 1 aliphatic heterocycles. The van der Waals surface area contributed by atoms with E-state index in [2.05, 4.69) is 9.88 Å². The van der Waals surface area contributed by atoms with Crippen molar-refractivity contribution in [1.29, 1.82) is 0 Å². The highest BCUT2D eigenvalue weighted by Crippen LogP contribution is 2.24. The molecule has 4 rings (SSSR count). The van der Waals surface area contributed by atoms with Crippen molar-refractivity contribution in [3.8, 4) is 0 Å². The molecule has 2 aromatic rings. The second-order valence-electron chi connectivity index (χ2n) is 8.75. The number of halogens is 1. The number of rotatable bonds is 6. The van der Waals surface area contributed by atoms with Crippen LogP contribution >= 0.6 is 0 Å². The van der Waals surface area contributed by atoms with Crippen LogP contribution in [-0.4, -0.2) is 60.0 Å². The summed E-state index contributed by atoms with van der Waals surface area (Å²) in [5, 5.41) is 0. The van der Waals surface area contributed by atoms with Crippen LogP contribution in [0.4, 0.5) is 4.39 Å². The first-order valence-electron chi connectivity index (χ1n) is 11.4. The zero-order valence-corrected chi connectivity index (χ0v) is 18.3. The summed E-state index contributed by atoms with van der Waals surface area (Å²) in [7, 11) is 1.95. The van der Waals surface area contributed by atoms with Crippen LogP contribution in [0.3, 0.4) is 0 Å². The minimum Gasteiger partial charge on any atom is -0.369 e. The van der Waals surface area contributed by atoms with Gasteiger partial charge in [-0.25, -0.2) is 4.39 Å². The first kappa shape index (κ1) is 21.9. The Hall–Kier alpha value is -2.31. The summed E-state index contributed by atoms with van der Waals surface area (Å²) in [4.78, 5) is 21.5. The maximum absolute atomic E-state index is 13.9. The molecular weight excluding hydrogens is 393 g/mol. The second-order valence-corrected chi connectivity index (χ2v) is 8.75. The van der Waals surface area contributed by atoms with Crippen LogP contribution in [-0.2, 0) is 16.0 Å². The van der Waals surface area contributed by atoms with E-state index in [4.69, 9.17) is 4.74 Å². The second kappa shape index (κ2) is 10.3. The summed E-state index contributed by atoms with van der Waals surface area (Å²) >= 11 is 0. The summed E-state index contributed by atoms with van der Waals surface area (Å²) in [6.45, 7) is 2.43. The first-order chi connectivity index (χ1) is 15.1. The number of carbonyl (C=O) groups is 1. The summed E-state index contributed by atoms with van der Waals surface area (Å²) in [6.07, 6.45) is 8.14. The van der Waals surface area contributed by atoms with Gasteiger partial charge in [-0.2, -0.15) is 0 Å². The van der Waals surface area contributed by atoms with Crippen molar-refractivity contribution >= 4 is 5.91 Å². The molecule has 2 fully saturated rings. The lowest BCUT2D eigenvalue weighted by Gasteiger charge is -2.35. The predicted molar refractivity (Wildman–Crippen MR) is 118 cm³/mol. The summed E-state index contributed by atoms with van der Waals surface area (Å²) in [6, 6.07) is 11.2. The van der Waals surface area contributed by atoms with Gasteiger partial charge in [0.25, 0.3) is 0 Å². The predicted octanol–water partition coefficient (Wildman–Crippen LogP) is 3.98. The lowest BCUT2D eigenvalue weighted by atomic mass is 9.94. The van der Waals surface area contributed by atoms with Crippen LogP contribution in [0.2, 0.25) is 0 Å². The maximum Gasteiger partial charge on any atom is 0.236 e. The number of hydrogen-bond donors (Lipinski definition) is 0. The lowest BCUT2D eigenvalue weighted by Crippen LogP contribution is -2.47. The molecule has 1 atom stereocenters. The number of hydrogen-bond acceptors (Lipinski definition) is 4. The Labute approximate surface area is 184 Å². The molecule has 6 heteroatoms. The van der Waals surface area contributed by atoms with Crippen LogP contribution in [0, 0.1) is 5.82 Å². The zero-order valence-electron chi connectivity index (χ0n) is 18.3. The molecule has 31 heavy (non-hydrogen) atoms. The van der Waals surface area contributed by atoms with Gasteiger partial charge in [-0.1, -0.05) is 43.5 Å². The topological polar surface area (TPSA) is 45.7 Å². The van der Waals surface area contributed by atoms with Crippen molar-refractivity contribution in [3.05, 3.63) is 65.2 Å². The van der Waals surface area contributed by atoms with Gasteiger partial charge in [0, 0.05) is 38.8 Å². The van der Waals surface area contributed by atoms with Gasteiger partial charge < -0.3 is 9.64 Å². The van der Waals surface area contributed by atoms with E-state index in [1.165, 1.54) is 25.3 Å². The van der Waals surface area contributed by atoms with E-state index in [1.54, 1.807) is 18.3 Å². The Morgan fingerprint density at radius 2 is 2.00 bits per heavy atom. The molecule has 1 aromatic carbocycles. The number of nitrogens with zero attached hydrogens (tertiary/aromatic N) is 3. The molecule has 2 aliphatic rings. The van der Waals surface area contributed by atoms with Crippen molar-refractivity contribution in [2.45, 2.75) is 50.7 Å². The fraction of sp³-hybridized carbons (Fsp3) is 0.520. The highest BCUT2D eigenvalue weighted by molar-refractivity contribution is 5.78.